The van der Waals surface area contributed by atoms with Crippen molar-refractivity contribution in [2.24, 2.45) is 16.1 Å². The Morgan fingerprint density at radius 1 is 1.47 bits per heavy atom. The van der Waals surface area contributed by atoms with Gasteiger partial charge in [0.2, 0.25) is 0 Å². The summed E-state index contributed by atoms with van der Waals surface area (Å²) in [5.74, 6) is -0.317. The Morgan fingerprint density at radius 2 is 2.06 bits per heavy atom. The van der Waals surface area contributed by atoms with Crippen molar-refractivity contribution >= 4 is 11.6 Å². The summed E-state index contributed by atoms with van der Waals surface area (Å²) in [4.78, 5) is 11.4. The van der Waals surface area contributed by atoms with E-state index in [1.54, 1.807) is 31.2 Å². The molecule has 0 bridgehead atoms. The molecule has 17 heavy (non-hydrogen) atoms. The molecule has 1 rings (SSSR count). The van der Waals surface area contributed by atoms with Gasteiger partial charge in [0.25, 0.3) is 5.91 Å². The second-order valence-corrected chi connectivity index (χ2v) is 3.50. The van der Waals surface area contributed by atoms with Crippen molar-refractivity contribution in [2.45, 2.75) is 13.0 Å². The summed E-state index contributed by atoms with van der Waals surface area (Å²) in [6, 6.07) is 7.93. The Balaban J connectivity index is 2.70. The minimum Gasteiger partial charge on any atom is -0.320 e. The third-order valence-corrected chi connectivity index (χ3v) is 2.00. The molecular formula is C11H13N5O. The van der Waals surface area contributed by atoms with Gasteiger partial charge in [-0.2, -0.15) is 5.26 Å². The van der Waals surface area contributed by atoms with Crippen molar-refractivity contribution in [3.8, 4) is 6.07 Å². The Morgan fingerprint density at radius 3 is 2.53 bits per heavy atom. The number of carbonyl (C=O) groups excluding carboxylic acids is 1. The molecule has 1 amide bonds. The Labute approximate surface area is 99.3 Å². The average Bonchev–Trinajstić information content (AvgIpc) is 2.35. The quantitative estimate of drug-likeness (QED) is 0.628. The molecule has 0 saturated carbocycles. The molecule has 0 heterocycles. The number of amides is 1. The van der Waals surface area contributed by atoms with Crippen molar-refractivity contribution < 1.29 is 4.79 Å². The maximum Gasteiger partial charge on any atom is 0.260 e. The monoisotopic (exact) mass is 231 g/mol. The highest BCUT2D eigenvalue weighted by molar-refractivity contribution is 5.80. The van der Waals surface area contributed by atoms with Crippen LogP contribution in [0.1, 0.15) is 12.5 Å². The van der Waals surface area contributed by atoms with Gasteiger partial charge in [-0.25, -0.2) is 5.01 Å². The zero-order valence-electron chi connectivity index (χ0n) is 9.66. The molecule has 1 aromatic rings. The first-order valence-electron chi connectivity index (χ1n) is 4.99. The van der Waals surface area contributed by atoms with Gasteiger partial charge < -0.3 is 5.73 Å². The molecule has 6 nitrogen and oxygen atoms in total. The van der Waals surface area contributed by atoms with Crippen LogP contribution in [-0.4, -0.2) is 24.0 Å². The van der Waals surface area contributed by atoms with Crippen LogP contribution >= 0.6 is 0 Å². The SMILES string of the molecule is CC(N)C(=O)N(C)N=Nc1ccc(C#N)cc1. The first-order chi connectivity index (χ1) is 8.04. The number of nitrogens with zero attached hydrogens (tertiary/aromatic N) is 4. The zero-order valence-corrected chi connectivity index (χ0v) is 9.66. The molecule has 0 aliphatic heterocycles. The summed E-state index contributed by atoms with van der Waals surface area (Å²) in [7, 11) is 1.48. The van der Waals surface area contributed by atoms with Crippen molar-refractivity contribution in [1.82, 2.24) is 5.01 Å². The number of benzene rings is 1. The van der Waals surface area contributed by atoms with Crippen LogP contribution in [0.25, 0.3) is 0 Å². The maximum atomic E-state index is 11.4. The zero-order chi connectivity index (χ0) is 12.8. The normalized spacial score (nSPS) is 12.1. The van der Waals surface area contributed by atoms with Gasteiger partial charge in [-0.1, -0.05) is 5.22 Å². The second kappa shape index (κ2) is 5.72. The van der Waals surface area contributed by atoms with Gasteiger partial charge in [0, 0.05) is 7.05 Å². The number of rotatable bonds is 3. The third kappa shape index (κ3) is 3.66. The number of nitriles is 1. The minimum atomic E-state index is -0.611. The molecule has 0 radical (unpaired) electrons. The van der Waals surface area contributed by atoms with Gasteiger partial charge in [0.1, 0.15) is 0 Å². The van der Waals surface area contributed by atoms with E-state index in [1.807, 2.05) is 6.07 Å². The largest absolute Gasteiger partial charge is 0.320 e. The molecule has 2 N–H and O–H groups in total. The van der Waals surface area contributed by atoms with E-state index in [4.69, 9.17) is 11.0 Å². The number of hydrogen-bond acceptors (Lipinski definition) is 5. The predicted octanol–water partition coefficient (Wildman–Crippen LogP) is 1.36. The fraction of sp³-hybridized carbons (Fsp3) is 0.273. The van der Waals surface area contributed by atoms with Crippen LogP contribution in [0, 0.1) is 11.3 Å². The van der Waals surface area contributed by atoms with E-state index in [-0.39, 0.29) is 5.91 Å². The smallest absolute Gasteiger partial charge is 0.260 e. The summed E-state index contributed by atoms with van der Waals surface area (Å²) >= 11 is 0. The Hall–Kier alpha value is -2.26. The first kappa shape index (κ1) is 12.8. The molecule has 0 aliphatic carbocycles. The van der Waals surface area contributed by atoms with Crippen LogP contribution in [0.15, 0.2) is 34.6 Å². The van der Waals surface area contributed by atoms with E-state index in [0.29, 0.717) is 11.3 Å². The lowest BCUT2D eigenvalue weighted by atomic mass is 10.2. The van der Waals surface area contributed by atoms with Gasteiger partial charge in [0.05, 0.1) is 23.4 Å². The van der Waals surface area contributed by atoms with Crippen LogP contribution in [0.5, 0.6) is 0 Å². The average molecular weight is 231 g/mol. The van der Waals surface area contributed by atoms with Crippen LogP contribution in [0.2, 0.25) is 0 Å². The maximum absolute atomic E-state index is 11.4. The lowest BCUT2D eigenvalue weighted by molar-refractivity contribution is -0.131. The predicted molar refractivity (Wildman–Crippen MR) is 62.1 cm³/mol. The third-order valence-electron chi connectivity index (χ3n) is 2.00. The van der Waals surface area contributed by atoms with E-state index in [2.05, 4.69) is 10.3 Å². The second-order valence-electron chi connectivity index (χ2n) is 3.50. The van der Waals surface area contributed by atoms with Crippen LogP contribution in [0.4, 0.5) is 5.69 Å². The summed E-state index contributed by atoms with van der Waals surface area (Å²) in [5, 5.41) is 17.3. The van der Waals surface area contributed by atoms with Crippen LogP contribution < -0.4 is 5.73 Å². The van der Waals surface area contributed by atoms with Gasteiger partial charge in [-0.05, 0) is 31.2 Å². The number of likely N-dealkylation sites (N-methyl/N-ethyl adjacent to an activating group) is 1. The van der Waals surface area contributed by atoms with Crippen molar-refractivity contribution in [1.29, 1.82) is 5.26 Å². The van der Waals surface area contributed by atoms with E-state index in [0.717, 1.165) is 5.01 Å². The Kier molecular flexibility index (Phi) is 4.31. The summed E-state index contributed by atoms with van der Waals surface area (Å²) < 4.78 is 0. The fourth-order valence-corrected chi connectivity index (χ4v) is 1.06. The molecule has 0 spiro atoms. The number of nitrogens with two attached hydrogens (primary N) is 1. The van der Waals surface area contributed by atoms with Gasteiger partial charge >= 0.3 is 0 Å². The molecule has 1 atom stereocenters. The lowest BCUT2D eigenvalue weighted by Crippen LogP contribution is -2.36. The summed E-state index contributed by atoms with van der Waals surface area (Å²) in [5.41, 5.74) is 6.52. The number of hydrogen-bond donors (Lipinski definition) is 1. The van der Waals surface area contributed by atoms with E-state index < -0.39 is 6.04 Å². The highest BCUT2D eigenvalue weighted by Crippen LogP contribution is 2.13. The Bertz CT molecular complexity index is 458. The van der Waals surface area contributed by atoms with Gasteiger partial charge in [-0.15, -0.1) is 5.11 Å². The molecule has 1 aromatic carbocycles. The van der Waals surface area contributed by atoms with E-state index in [1.165, 1.54) is 7.05 Å². The molecule has 88 valence electrons. The van der Waals surface area contributed by atoms with Crippen molar-refractivity contribution in [3.05, 3.63) is 29.8 Å². The molecule has 0 aliphatic rings. The molecule has 0 fully saturated rings. The topological polar surface area (TPSA) is 94.8 Å². The molecule has 0 aromatic heterocycles. The molecule has 1 unspecified atom stereocenters. The fourth-order valence-electron chi connectivity index (χ4n) is 1.06. The number of carbonyl (C=O) groups is 1. The van der Waals surface area contributed by atoms with Gasteiger partial charge in [0.15, 0.2) is 0 Å². The summed E-state index contributed by atoms with van der Waals surface area (Å²) in [6.45, 7) is 1.58. The minimum absolute atomic E-state index is 0.317. The van der Waals surface area contributed by atoms with Crippen LogP contribution in [0.3, 0.4) is 0 Å². The highest BCUT2D eigenvalue weighted by atomic mass is 16.2. The molecular weight excluding hydrogens is 218 g/mol. The standard InChI is InChI=1S/C11H13N5O/c1-8(13)11(17)16(2)15-14-10-5-3-9(7-12)4-6-10/h3-6,8H,13H2,1-2H3. The van der Waals surface area contributed by atoms with Crippen LogP contribution in [-0.2, 0) is 4.79 Å². The first-order valence-corrected chi connectivity index (χ1v) is 4.99. The van der Waals surface area contributed by atoms with Crippen molar-refractivity contribution in [2.75, 3.05) is 7.05 Å². The van der Waals surface area contributed by atoms with Crippen molar-refractivity contribution in [3.63, 3.8) is 0 Å². The molecule has 6 heteroatoms. The summed E-state index contributed by atoms with van der Waals surface area (Å²) in [6.07, 6.45) is 0. The van der Waals surface area contributed by atoms with E-state index in [9.17, 15) is 4.79 Å². The molecule has 0 saturated heterocycles. The highest BCUT2D eigenvalue weighted by Gasteiger charge is 2.12. The van der Waals surface area contributed by atoms with E-state index >= 15 is 0 Å². The van der Waals surface area contributed by atoms with Gasteiger partial charge in [-0.3, -0.25) is 4.79 Å². The lowest BCUT2D eigenvalue weighted by Gasteiger charge is -2.11.